The predicted molar refractivity (Wildman–Crippen MR) is 87.9 cm³/mol. The van der Waals surface area contributed by atoms with Crippen LogP contribution in [0.1, 0.15) is 29.2 Å². The van der Waals surface area contributed by atoms with Gasteiger partial charge in [-0.3, -0.25) is 9.59 Å². The molecule has 4 rings (SSSR count). The molecular weight excluding hydrogens is 326 g/mol. The van der Waals surface area contributed by atoms with Crippen LogP contribution in [0.4, 0.5) is 0 Å². The van der Waals surface area contributed by atoms with E-state index in [1.54, 1.807) is 25.1 Å². The number of H-pyrrole nitrogens is 1. The van der Waals surface area contributed by atoms with Crippen LogP contribution in [-0.2, 0) is 4.79 Å². The van der Waals surface area contributed by atoms with Crippen LogP contribution in [0.15, 0.2) is 23.0 Å². The lowest BCUT2D eigenvalue weighted by Gasteiger charge is -2.27. The Morgan fingerprint density at radius 3 is 2.72 bits per heavy atom. The minimum absolute atomic E-state index is 0.0714. The summed E-state index contributed by atoms with van der Waals surface area (Å²) in [6, 6.07) is 5.24. The van der Waals surface area contributed by atoms with Gasteiger partial charge >= 0.3 is 5.97 Å². The number of ether oxygens (including phenoxy) is 4. The molecule has 7 nitrogen and oxygen atoms in total. The fraction of sp³-hybridized carbons (Fsp3) is 0.333. The number of carbonyl (C=O) groups is 1. The van der Waals surface area contributed by atoms with E-state index >= 15 is 0 Å². The number of aryl methyl sites for hydroxylation is 1. The fourth-order valence-corrected chi connectivity index (χ4v) is 3.30. The van der Waals surface area contributed by atoms with E-state index in [0.717, 1.165) is 5.56 Å². The highest BCUT2D eigenvalue weighted by molar-refractivity contribution is 5.78. The first-order valence-corrected chi connectivity index (χ1v) is 7.99. The molecular formula is C18H17NO6. The zero-order chi connectivity index (χ0) is 17.6. The number of carbonyl (C=O) groups excluding carboxylic acids is 1. The lowest BCUT2D eigenvalue weighted by Crippen LogP contribution is -2.28. The molecule has 130 valence electrons. The molecule has 2 aromatic rings. The molecule has 0 unspecified atom stereocenters. The van der Waals surface area contributed by atoms with Gasteiger partial charge in [0.05, 0.1) is 19.1 Å². The van der Waals surface area contributed by atoms with E-state index in [9.17, 15) is 9.59 Å². The first-order chi connectivity index (χ1) is 12.1. The van der Waals surface area contributed by atoms with E-state index in [1.807, 2.05) is 0 Å². The van der Waals surface area contributed by atoms with Crippen LogP contribution < -0.4 is 24.5 Å². The van der Waals surface area contributed by atoms with Crippen molar-refractivity contribution in [3.8, 4) is 23.0 Å². The van der Waals surface area contributed by atoms with E-state index in [4.69, 9.17) is 18.9 Å². The average molecular weight is 343 g/mol. The molecule has 0 spiro atoms. The maximum atomic E-state index is 12.5. The van der Waals surface area contributed by atoms with Gasteiger partial charge in [0.1, 0.15) is 19.0 Å². The van der Waals surface area contributed by atoms with Gasteiger partial charge in [0.2, 0.25) is 5.75 Å². The maximum Gasteiger partial charge on any atom is 0.312 e. The van der Waals surface area contributed by atoms with Crippen LogP contribution in [0.2, 0.25) is 0 Å². The number of aromatic nitrogens is 1. The largest absolute Gasteiger partial charge is 0.493 e. The summed E-state index contributed by atoms with van der Waals surface area (Å²) in [5.41, 5.74) is 1.55. The van der Waals surface area contributed by atoms with Crippen LogP contribution >= 0.6 is 0 Å². The molecule has 1 N–H and O–H groups in total. The molecule has 0 bridgehead atoms. The second-order valence-corrected chi connectivity index (χ2v) is 6.04. The summed E-state index contributed by atoms with van der Waals surface area (Å²) >= 11 is 0. The standard InChI is InChI=1S/C18H17NO6/c1-9-5-12-16(18(21)19-9)11(8-15(20)25-12)10-6-13(22-2)17-14(7-10)23-3-4-24-17/h5-7,11H,3-4,8H2,1-2H3,(H,19,21)/t11-/m1/s1. The van der Waals surface area contributed by atoms with Gasteiger partial charge in [0, 0.05) is 17.7 Å². The van der Waals surface area contributed by atoms with E-state index in [1.165, 1.54) is 7.11 Å². The number of nitrogens with one attached hydrogen (secondary N) is 1. The van der Waals surface area contributed by atoms with Crippen LogP contribution in [-0.4, -0.2) is 31.3 Å². The molecule has 1 aromatic heterocycles. The number of esters is 1. The molecule has 0 amide bonds. The van der Waals surface area contributed by atoms with Crippen molar-refractivity contribution >= 4 is 5.97 Å². The third-order valence-corrected chi connectivity index (χ3v) is 4.36. The average Bonchev–Trinajstić information content (AvgIpc) is 2.59. The van der Waals surface area contributed by atoms with Crippen LogP contribution in [0.3, 0.4) is 0 Å². The summed E-state index contributed by atoms with van der Waals surface area (Å²) < 4.78 is 21.9. The quantitative estimate of drug-likeness (QED) is 0.838. The predicted octanol–water partition coefficient (Wildman–Crippen LogP) is 1.90. The summed E-state index contributed by atoms with van der Waals surface area (Å²) in [6.45, 7) is 2.62. The summed E-state index contributed by atoms with van der Waals surface area (Å²) in [7, 11) is 1.54. The van der Waals surface area contributed by atoms with Crippen molar-refractivity contribution in [1.29, 1.82) is 0 Å². The molecule has 0 fully saturated rings. The Morgan fingerprint density at radius 2 is 1.92 bits per heavy atom. The minimum atomic E-state index is -0.440. The Kier molecular flexibility index (Phi) is 3.63. The number of aromatic amines is 1. The van der Waals surface area contributed by atoms with Gasteiger partial charge in [0.15, 0.2) is 11.5 Å². The first kappa shape index (κ1) is 15.6. The van der Waals surface area contributed by atoms with E-state index in [0.29, 0.717) is 47.5 Å². The molecule has 25 heavy (non-hydrogen) atoms. The van der Waals surface area contributed by atoms with E-state index < -0.39 is 5.92 Å². The molecule has 1 atom stereocenters. The molecule has 0 saturated carbocycles. The highest BCUT2D eigenvalue weighted by Gasteiger charge is 2.33. The third-order valence-electron chi connectivity index (χ3n) is 4.36. The lowest BCUT2D eigenvalue weighted by atomic mass is 9.86. The number of rotatable bonds is 2. The number of pyridine rings is 1. The fourth-order valence-electron chi connectivity index (χ4n) is 3.30. The number of methoxy groups -OCH3 is 1. The van der Waals surface area contributed by atoms with Crippen molar-refractivity contribution in [2.45, 2.75) is 19.3 Å². The van der Waals surface area contributed by atoms with Crippen molar-refractivity contribution < 1.29 is 23.7 Å². The number of benzene rings is 1. The molecule has 0 saturated heterocycles. The Morgan fingerprint density at radius 1 is 1.12 bits per heavy atom. The van der Waals surface area contributed by atoms with Gasteiger partial charge in [-0.05, 0) is 24.6 Å². The van der Waals surface area contributed by atoms with Crippen molar-refractivity contribution in [3.05, 3.63) is 45.4 Å². The summed E-state index contributed by atoms with van der Waals surface area (Å²) in [5, 5.41) is 0. The molecule has 7 heteroatoms. The van der Waals surface area contributed by atoms with Crippen LogP contribution in [0.5, 0.6) is 23.0 Å². The lowest BCUT2D eigenvalue weighted by molar-refractivity contribution is -0.135. The van der Waals surface area contributed by atoms with Gasteiger partial charge in [-0.1, -0.05) is 0 Å². The Bertz CT molecular complexity index is 899. The summed E-state index contributed by atoms with van der Waals surface area (Å²) in [4.78, 5) is 27.3. The van der Waals surface area contributed by atoms with Gasteiger partial charge in [-0.2, -0.15) is 0 Å². The second-order valence-electron chi connectivity index (χ2n) is 6.04. The summed E-state index contributed by atoms with van der Waals surface area (Å²) in [5.74, 6) is 1.08. The van der Waals surface area contributed by atoms with Crippen molar-refractivity contribution in [2.75, 3.05) is 20.3 Å². The first-order valence-electron chi connectivity index (χ1n) is 7.99. The maximum absolute atomic E-state index is 12.5. The van der Waals surface area contributed by atoms with Crippen molar-refractivity contribution in [3.63, 3.8) is 0 Å². The van der Waals surface area contributed by atoms with Crippen LogP contribution in [0.25, 0.3) is 0 Å². The van der Waals surface area contributed by atoms with E-state index in [-0.39, 0.29) is 17.9 Å². The van der Waals surface area contributed by atoms with Crippen molar-refractivity contribution in [1.82, 2.24) is 4.98 Å². The molecule has 2 aliphatic heterocycles. The van der Waals surface area contributed by atoms with Crippen LogP contribution in [0, 0.1) is 6.92 Å². The molecule has 1 aromatic carbocycles. The second kappa shape index (κ2) is 5.84. The number of fused-ring (bicyclic) bond motifs is 2. The Hall–Kier alpha value is -2.96. The zero-order valence-corrected chi connectivity index (χ0v) is 13.9. The Balaban J connectivity index is 1.89. The molecule has 2 aliphatic rings. The normalized spacial score (nSPS) is 18.3. The van der Waals surface area contributed by atoms with Gasteiger partial charge in [-0.25, -0.2) is 0 Å². The number of hydrogen-bond acceptors (Lipinski definition) is 6. The highest BCUT2D eigenvalue weighted by Crippen LogP contribution is 2.45. The minimum Gasteiger partial charge on any atom is -0.493 e. The van der Waals surface area contributed by atoms with Crippen molar-refractivity contribution in [2.24, 2.45) is 0 Å². The molecule has 3 heterocycles. The van der Waals surface area contributed by atoms with E-state index in [2.05, 4.69) is 4.98 Å². The SMILES string of the molecule is COc1cc([C@H]2CC(=O)Oc3cc(C)[nH]c(=O)c32)cc2c1OCCO2. The monoisotopic (exact) mass is 343 g/mol. The number of hydrogen-bond donors (Lipinski definition) is 1. The van der Waals surface area contributed by atoms with Gasteiger partial charge in [-0.15, -0.1) is 0 Å². The topological polar surface area (TPSA) is 86.9 Å². The van der Waals surface area contributed by atoms with Gasteiger partial charge in [0.25, 0.3) is 5.56 Å². The molecule has 0 aliphatic carbocycles. The summed E-state index contributed by atoms with van der Waals surface area (Å²) in [6.07, 6.45) is 0.0714. The smallest absolute Gasteiger partial charge is 0.312 e. The zero-order valence-electron chi connectivity index (χ0n) is 13.9. The molecule has 0 radical (unpaired) electrons. The third kappa shape index (κ3) is 2.61. The Labute approximate surface area is 143 Å². The highest BCUT2D eigenvalue weighted by atomic mass is 16.6. The van der Waals surface area contributed by atoms with Gasteiger partial charge < -0.3 is 23.9 Å².